The highest BCUT2D eigenvalue weighted by molar-refractivity contribution is 6.04. The quantitative estimate of drug-likeness (QED) is 0.566. The van der Waals surface area contributed by atoms with Crippen LogP contribution in [0.3, 0.4) is 0 Å². The summed E-state index contributed by atoms with van der Waals surface area (Å²) >= 11 is 0. The molecule has 2 aliphatic heterocycles. The highest BCUT2D eigenvalue weighted by atomic mass is 15.2. The first-order valence-corrected chi connectivity index (χ1v) is 11.0. The number of pyridine rings is 1. The number of allylic oxidation sites excluding steroid dienone is 1. The van der Waals surface area contributed by atoms with E-state index in [1.54, 1.807) is 0 Å². The van der Waals surface area contributed by atoms with Crippen LogP contribution in [0.25, 0.3) is 0 Å². The van der Waals surface area contributed by atoms with Gasteiger partial charge in [0, 0.05) is 35.9 Å². The third kappa shape index (κ3) is 5.07. The Morgan fingerprint density at radius 2 is 1.89 bits per heavy atom. The standard InChI is InChI=1S/C24H37N3/c1-5-10-22(27-15-7-6-8-16-27)13-12-18(2)20(4)23-19(3)17-21-11-9-14-25-24(21)26-23/h9,11,14,18,20,22H,3,5-8,10,12-13,15-17H2,1-2,4H3. The molecule has 0 aromatic carbocycles. The van der Waals surface area contributed by atoms with Crippen molar-refractivity contribution >= 4 is 11.5 Å². The van der Waals surface area contributed by atoms with E-state index in [0.717, 1.165) is 18.3 Å². The Balaban J connectivity index is 1.62. The lowest BCUT2D eigenvalue weighted by atomic mass is 9.81. The van der Waals surface area contributed by atoms with E-state index in [1.807, 2.05) is 12.3 Å². The molecule has 3 heteroatoms. The van der Waals surface area contributed by atoms with Gasteiger partial charge in [-0.25, -0.2) is 9.98 Å². The second-order valence-corrected chi connectivity index (χ2v) is 8.65. The predicted octanol–water partition coefficient (Wildman–Crippen LogP) is 5.97. The molecule has 0 aliphatic carbocycles. The van der Waals surface area contributed by atoms with Crippen LogP contribution in [-0.2, 0) is 6.42 Å². The Morgan fingerprint density at radius 1 is 1.11 bits per heavy atom. The van der Waals surface area contributed by atoms with Crippen LogP contribution >= 0.6 is 0 Å². The van der Waals surface area contributed by atoms with E-state index in [0.29, 0.717) is 11.8 Å². The molecule has 148 valence electrons. The SMILES string of the molecule is C=C1Cc2cccnc2N=C1C(C)C(C)CCC(CCC)N1CCCCC1. The maximum atomic E-state index is 4.90. The summed E-state index contributed by atoms with van der Waals surface area (Å²) < 4.78 is 0. The number of hydrogen-bond acceptors (Lipinski definition) is 3. The molecular formula is C24H37N3. The summed E-state index contributed by atoms with van der Waals surface area (Å²) in [5.41, 5.74) is 3.56. The molecule has 0 amide bonds. The van der Waals surface area contributed by atoms with Gasteiger partial charge in [-0.05, 0) is 62.8 Å². The Labute approximate surface area is 166 Å². The van der Waals surface area contributed by atoms with Crippen LogP contribution in [0.2, 0.25) is 0 Å². The number of aliphatic imine (C=N–C) groups is 1. The van der Waals surface area contributed by atoms with Crippen molar-refractivity contribution < 1.29 is 0 Å². The van der Waals surface area contributed by atoms with Crippen LogP contribution < -0.4 is 0 Å². The first-order chi connectivity index (χ1) is 13.1. The summed E-state index contributed by atoms with van der Waals surface area (Å²) in [6.45, 7) is 14.0. The molecule has 0 N–H and O–H groups in total. The lowest BCUT2D eigenvalue weighted by Crippen LogP contribution is -2.39. The van der Waals surface area contributed by atoms with Crippen molar-refractivity contribution in [2.75, 3.05) is 13.1 Å². The summed E-state index contributed by atoms with van der Waals surface area (Å²) in [6.07, 6.45) is 12.1. The average Bonchev–Trinajstić information content (AvgIpc) is 2.70. The third-order valence-corrected chi connectivity index (χ3v) is 6.63. The van der Waals surface area contributed by atoms with Crippen LogP contribution in [0.4, 0.5) is 5.82 Å². The van der Waals surface area contributed by atoms with E-state index in [9.17, 15) is 0 Å². The zero-order valence-electron chi connectivity index (χ0n) is 17.6. The molecule has 0 radical (unpaired) electrons. The second-order valence-electron chi connectivity index (χ2n) is 8.65. The van der Waals surface area contributed by atoms with Gasteiger partial charge >= 0.3 is 0 Å². The first kappa shape index (κ1) is 20.3. The van der Waals surface area contributed by atoms with Crippen molar-refractivity contribution in [3.63, 3.8) is 0 Å². The number of rotatable bonds is 8. The minimum Gasteiger partial charge on any atom is -0.300 e. The minimum atomic E-state index is 0.441. The summed E-state index contributed by atoms with van der Waals surface area (Å²) in [6, 6.07) is 4.88. The number of fused-ring (bicyclic) bond motifs is 1. The molecule has 2 aliphatic rings. The van der Waals surface area contributed by atoms with Crippen molar-refractivity contribution in [3.8, 4) is 0 Å². The number of aromatic nitrogens is 1. The van der Waals surface area contributed by atoms with Crippen molar-refractivity contribution in [2.24, 2.45) is 16.8 Å². The van der Waals surface area contributed by atoms with Gasteiger partial charge < -0.3 is 4.90 Å². The molecule has 1 fully saturated rings. The molecular weight excluding hydrogens is 330 g/mol. The maximum absolute atomic E-state index is 4.90. The van der Waals surface area contributed by atoms with Gasteiger partial charge in [0.15, 0.2) is 5.82 Å². The van der Waals surface area contributed by atoms with E-state index in [-0.39, 0.29) is 0 Å². The molecule has 27 heavy (non-hydrogen) atoms. The lowest BCUT2D eigenvalue weighted by molar-refractivity contribution is 0.139. The van der Waals surface area contributed by atoms with E-state index in [4.69, 9.17) is 4.99 Å². The van der Waals surface area contributed by atoms with E-state index >= 15 is 0 Å². The molecule has 0 bridgehead atoms. The summed E-state index contributed by atoms with van der Waals surface area (Å²) in [4.78, 5) is 12.1. The van der Waals surface area contributed by atoms with Crippen LogP contribution in [0.15, 0.2) is 35.5 Å². The van der Waals surface area contributed by atoms with Gasteiger partial charge in [-0.3, -0.25) is 0 Å². The second kappa shape index (κ2) is 9.64. The third-order valence-electron chi connectivity index (χ3n) is 6.63. The summed E-state index contributed by atoms with van der Waals surface area (Å²) in [7, 11) is 0. The van der Waals surface area contributed by atoms with Crippen molar-refractivity contribution in [2.45, 2.75) is 78.2 Å². The molecule has 1 aromatic heterocycles. The molecule has 3 atom stereocenters. The largest absolute Gasteiger partial charge is 0.300 e. The van der Waals surface area contributed by atoms with Gasteiger partial charge in [-0.2, -0.15) is 0 Å². The lowest BCUT2D eigenvalue weighted by Gasteiger charge is -2.36. The molecule has 3 heterocycles. The Bertz CT molecular complexity index is 657. The zero-order valence-corrected chi connectivity index (χ0v) is 17.6. The number of piperidine rings is 1. The normalized spacial score (nSPS) is 21.3. The van der Waals surface area contributed by atoms with Crippen LogP contribution in [0.5, 0.6) is 0 Å². The molecule has 3 rings (SSSR count). The molecule has 3 nitrogen and oxygen atoms in total. The Morgan fingerprint density at radius 3 is 2.63 bits per heavy atom. The fourth-order valence-electron chi connectivity index (χ4n) is 4.71. The Kier molecular flexibility index (Phi) is 7.23. The van der Waals surface area contributed by atoms with Gasteiger partial charge in [0.1, 0.15) is 0 Å². The molecule has 0 spiro atoms. The van der Waals surface area contributed by atoms with Crippen LogP contribution in [0, 0.1) is 11.8 Å². The van der Waals surface area contributed by atoms with Crippen LogP contribution in [0.1, 0.15) is 71.3 Å². The number of likely N-dealkylation sites (tertiary alicyclic amines) is 1. The molecule has 3 unspecified atom stereocenters. The smallest absolute Gasteiger partial charge is 0.155 e. The highest BCUT2D eigenvalue weighted by Gasteiger charge is 2.26. The minimum absolute atomic E-state index is 0.441. The number of hydrogen-bond donors (Lipinski definition) is 0. The summed E-state index contributed by atoms with van der Waals surface area (Å²) in [5.74, 6) is 1.96. The highest BCUT2D eigenvalue weighted by Crippen LogP contribution is 2.32. The monoisotopic (exact) mass is 367 g/mol. The fraction of sp³-hybridized carbons (Fsp3) is 0.667. The first-order valence-electron chi connectivity index (χ1n) is 11.0. The van der Waals surface area contributed by atoms with E-state index in [1.165, 1.54) is 74.9 Å². The van der Waals surface area contributed by atoms with Gasteiger partial charge in [0.05, 0.1) is 0 Å². The fourth-order valence-corrected chi connectivity index (χ4v) is 4.71. The molecule has 1 saturated heterocycles. The average molecular weight is 368 g/mol. The van der Waals surface area contributed by atoms with Crippen molar-refractivity contribution in [1.82, 2.24) is 9.88 Å². The molecule has 0 saturated carbocycles. The van der Waals surface area contributed by atoms with Gasteiger partial charge in [-0.1, -0.05) is 46.3 Å². The van der Waals surface area contributed by atoms with E-state index in [2.05, 4.69) is 43.3 Å². The van der Waals surface area contributed by atoms with Crippen molar-refractivity contribution in [3.05, 3.63) is 36.0 Å². The predicted molar refractivity (Wildman–Crippen MR) is 116 cm³/mol. The molecule has 1 aromatic rings. The zero-order chi connectivity index (χ0) is 19.2. The van der Waals surface area contributed by atoms with Crippen molar-refractivity contribution in [1.29, 1.82) is 0 Å². The Hall–Kier alpha value is -1.48. The number of nitrogens with zero attached hydrogens (tertiary/aromatic N) is 3. The topological polar surface area (TPSA) is 28.5 Å². The maximum Gasteiger partial charge on any atom is 0.155 e. The van der Waals surface area contributed by atoms with Gasteiger partial charge in [0.25, 0.3) is 0 Å². The van der Waals surface area contributed by atoms with Gasteiger partial charge in [0.2, 0.25) is 0 Å². The van der Waals surface area contributed by atoms with Crippen LogP contribution in [-0.4, -0.2) is 34.7 Å². The van der Waals surface area contributed by atoms with Gasteiger partial charge in [-0.15, -0.1) is 0 Å². The van der Waals surface area contributed by atoms with E-state index < -0.39 is 0 Å². The summed E-state index contributed by atoms with van der Waals surface area (Å²) in [5, 5.41) is 0.